The average molecular weight is 430 g/mol. The second kappa shape index (κ2) is 9.04. The van der Waals surface area contributed by atoms with E-state index in [0.717, 1.165) is 6.42 Å². The van der Waals surface area contributed by atoms with E-state index in [2.05, 4.69) is 20.6 Å². The molecule has 0 unspecified atom stereocenters. The summed E-state index contributed by atoms with van der Waals surface area (Å²) in [7, 11) is -3.58. The minimum atomic E-state index is -3.58. The number of nitrogens with zero attached hydrogens (tertiary/aromatic N) is 3. The van der Waals surface area contributed by atoms with Crippen molar-refractivity contribution in [2.24, 2.45) is 0 Å². The lowest BCUT2D eigenvalue weighted by Gasteiger charge is -2.15. The van der Waals surface area contributed by atoms with Crippen LogP contribution in [0.15, 0.2) is 41.3 Å². The molecule has 0 spiro atoms. The summed E-state index contributed by atoms with van der Waals surface area (Å²) in [5, 5.41) is 23.7. The van der Waals surface area contributed by atoms with Gasteiger partial charge in [0.1, 0.15) is 18.1 Å². The monoisotopic (exact) mass is 430 g/mol. The first-order chi connectivity index (χ1) is 14.3. The molecule has 0 saturated carbocycles. The number of hydrogen-bond donors (Lipinski definition) is 2. The van der Waals surface area contributed by atoms with Crippen molar-refractivity contribution in [1.82, 2.24) is 20.6 Å². The van der Waals surface area contributed by atoms with Gasteiger partial charge in [0.05, 0.1) is 16.2 Å². The molecule has 0 saturated heterocycles. The van der Waals surface area contributed by atoms with Gasteiger partial charge in [-0.15, -0.1) is 5.10 Å². The number of Topliss-reactive ketones (excluding diaryl/α,β-unsaturated/α-hetero) is 1. The first kappa shape index (κ1) is 21.4. The van der Waals surface area contributed by atoms with Gasteiger partial charge in [0.2, 0.25) is 0 Å². The molecule has 9 nitrogen and oxygen atoms in total. The van der Waals surface area contributed by atoms with E-state index in [4.69, 9.17) is 4.74 Å². The van der Waals surface area contributed by atoms with E-state index in [1.807, 2.05) is 6.92 Å². The molecule has 0 aliphatic carbocycles. The summed E-state index contributed by atoms with van der Waals surface area (Å²) in [6, 6.07) is 9.29. The molecule has 0 aliphatic rings. The third kappa shape index (κ3) is 4.65. The van der Waals surface area contributed by atoms with Gasteiger partial charge in [-0.05, 0) is 60.2 Å². The number of carbonyl (C=O) groups is 1. The maximum absolute atomic E-state index is 12.6. The molecule has 158 valence electrons. The molecule has 0 amide bonds. The summed E-state index contributed by atoms with van der Waals surface area (Å²) in [4.78, 5) is 11.8. The lowest BCUT2D eigenvalue weighted by molar-refractivity contribution is 0.101. The van der Waals surface area contributed by atoms with Gasteiger partial charge in [-0.1, -0.05) is 13.3 Å². The number of ether oxygens (including phenoxy) is 1. The number of rotatable bonds is 9. The van der Waals surface area contributed by atoms with Gasteiger partial charge in [0, 0.05) is 11.1 Å². The van der Waals surface area contributed by atoms with Crippen LogP contribution in [0.1, 0.15) is 36.2 Å². The minimum Gasteiger partial charge on any atom is -0.507 e. The van der Waals surface area contributed by atoms with Crippen LogP contribution in [0.3, 0.4) is 0 Å². The lowest BCUT2D eigenvalue weighted by atomic mass is 10.0. The summed E-state index contributed by atoms with van der Waals surface area (Å²) in [5.74, 6) is 0.227. The first-order valence-corrected chi connectivity index (χ1v) is 11.0. The largest absolute Gasteiger partial charge is 0.507 e. The van der Waals surface area contributed by atoms with Crippen molar-refractivity contribution in [1.29, 1.82) is 0 Å². The molecule has 0 bridgehead atoms. The van der Waals surface area contributed by atoms with Crippen LogP contribution in [0.4, 0.5) is 0 Å². The Hall–Kier alpha value is -3.27. The molecule has 0 atom stereocenters. The Morgan fingerprint density at radius 1 is 1.17 bits per heavy atom. The molecule has 1 aromatic heterocycles. The zero-order chi connectivity index (χ0) is 21.7. The number of aromatic hydroxyl groups is 1. The van der Waals surface area contributed by atoms with Crippen LogP contribution in [0.25, 0.3) is 11.4 Å². The number of aromatic nitrogens is 4. The van der Waals surface area contributed by atoms with Gasteiger partial charge in [0.25, 0.3) is 0 Å². The van der Waals surface area contributed by atoms with Gasteiger partial charge in [-0.3, -0.25) is 4.79 Å². The highest BCUT2D eigenvalue weighted by molar-refractivity contribution is 7.91. The predicted octanol–water partition coefficient (Wildman–Crippen LogP) is 2.58. The number of phenolic OH excluding ortho intramolecular Hbond substituents is 1. The number of phenols is 1. The number of H-pyrrole nitrogens is 1. The topological polar surface area (TPSA) is 135 Å². The van der Waals surface area contributed by atoms with E-state index in [0.29, 0.717) is 29.1 Å². The van der Waals surface area contributed by atoms with Crippen LogP contribution in [-0.2, 0) is 16.3 Å². The van der Waals surface area contributed by atoms with E-state index >= 15 is 0 Å². The standard InChI is InChI=1S/C20H22N4O5S/c1-3-4-17-18(10-9-16(13(2)25)19(17)26)29-11-12-30(27,28)15-7-5-14(6-8-15)20-21-23-24-22-20/h5-10,26H,3-4,11-12H2,1-2H3,(H,21,22,23,24). The Morgan fingerprint density at radius 3 is 2.50 bits per heavy atom. The van der Waals surface area contributed by atoms with E-state index in [9.17, 15) is 18.3 Å². The fraction of sp³-hybridized carbons (Fsp3) is 0.300. The normalized spacial score (nSPS) is 11.4. The SMILES string of the molecule is CCCc1c(OCCS(=O)(=O)c2ccc(-c3nnn[nH]3)cc2)ccc(C(C)=O)c1O. The number of sulfone groups is 1. The number of ketones is 1. The highest BCUT2D eigenvalue weighted by Crippen LogP contribution is 2.33. The van der Waals surface area contributed by atoms with Crippen molar-refractivity contribution >= 4 is 15.6 Å². The highest BCUT2D eigenvalue weighted by atomic mass is 32.2. The Kier molecular flexibility index (Phi) is 6.46. The molecule has 10 heteroatoms. The summed E-state index contributed by atoms with van der Waals surface area (Å²) < 4.78 is 30.9. The van der Waals surface area contributed by atoms with Crippen molar-refractivity contribution in [3.05, 3.63) is 47.5 Å². The molecule has 3 aromatic rings. The fourth-order valence-electron chi connectivity index (χ4n) is 3.01. The van der Waals surface area contributed by atoms with Crippen molar-refractivity contribution in [2.45, 2.75) is 31.6 Å². The molecule has 0 radical (unpaired) electrons. The maximum atomic E-state index is 12.6. The number of carbonyl (C=O) groups excluding carboxylic acids is 1. The molecule has 2 N–H and O–H groups in total. The van der Waals surface area contributed by atoms with Crippen molar-refractivity contribution < 1.29 is 23.1 Å². The van der Waals surface area contributed by atoms with Crippen LogP contribution in [0.5, 0.6) is 11.5 Å². The van der Waals surface area contributed by atoms with Gasteiger partial charge >= 0.3 is 0 Å². The van der Waals surface area contributed by atoms with E-state index in [1.165, 1.54) is 25.1 Å². The van der Waals surface area contributed by atoms with Crippen LogP contribution in [0, 0.1) is 0 Å². The van der Waals surface area contributed by atoms with E-state index < -0.39 is 9.84 Å². The number of hydrogen-bond acceptors (Lipinski definition) is 8. The summed E-state index contributed by atoms with van der Waals surface area (Å²) in [6.45, 7) is 3.22. The zero-order valence-corrected chi connectivity index (χ0v) is 17.4. The van der Waals surface area contributed by atoms with Crippen LogP contribution in [0.2, 0.25) is 0 Å². The van der Waals surface area contributed by atoms with Gasteiger partial charge in [0.15, 0.2) is 21.4 Å². The Bertz CT molecular complexity index is 1130. The second-order valence-corrected chi connectivity index (χ2v) is 8.80. The predicted molar refractivity (Wildman–Crippen MR) is 109 cm³/mol. The van der Waals surface area contributed by atoms with Crippen LogP contribution < -0.4 is 4.74 Å². The molecular formula is C20H22N4O5S. The first-order valence-electron chi connectivity index (χ1n) is 9.39. The molecule has 0 fully saturated rings. The smallest absolute Gasteiger partial charge is 0.181 e. The van der Waals surface area contributed by atoms with E-state index in [-0.39, 0.29) is 34.4 Å². The second-order valence-electron chi connectivity index (χ2n) is 6.69. The number of nitrogens with one attached hydrogen (secondary N) is 1. The third-order valence-corrected chi connectivity index (χ3v) is 6.26. The fourth-order valence-corrected chi connectivity index (χ4v) is 4.10. The molecule has 3 rings (SSSR count). The Morgan fingerprint density at radius 2 is 1.90 bits per heavy atom. The van der Waals surface area contributed by atoms with Crippen molar-refractivity contribution in [2.75, 3.05) is 12.4 Å². The molecule has 1 heterocycles. The Balaban J connectivity index is 1.71. The number of tetrazole rings is 1. The lowest BCUT2D eigenvalue weighted by Crippen LogP contribution is -2.15. The summed E-state index contributed by atoms with van der Waals surface area (Å²) in [6.07, 6.45) is 1.24. The van der Waals surface area contributed by atoms with E-state index in [1.54, 1.807) is 18.2 Å². The van der Waals surface area contributed by atoms with Gasteiger partial charge < -0.3 is 9.84 Å². The van der Waals surface area contributed by atoms with Crippen molar-refractivity contribution in [3.63, 3.8) is 0 Å². The zero-order valence-electron chi connectivity index (χ0n) is 16.6. The highest BCUT2D eigenvalue weighted by Gasteiger charge is 2.18. The number of benzene rings is 2. The Labute approximate surface area is 174 Å². The van der Waals surface area contributed by atoms with Crippen LogP contribution in [-0.4, -0.2) is 52.3 Å². The molecule has 2 aromatic carbocycles. The third-order valence-electron chi connectivity index (χ3n) is 4.56. The minimum absolute atomic E-state index is 0.0916. The molecule has 0 aliphatic heterocycles. The van der Waals surface area contributed by atoms with Gasteiger partial charge in [-0.25, -0.2) is 13.5 Å². The maximum Gasteiger partial charge on any atom is 0.181 e. The quantitative estimate of drug-likeness (QED) is 0.495. The van der Waals surface area contributed by atoms with Crippen LogP contribution >= 0.6 is 0 Å². The average Bonchev–Trinajstić information content (AvgIpc) is 3.25. The summed E-state index contributed by atoms with van der Waals surface area (Å²) >= 11 is 0. The molecular weight excluding hydrogens is 408 g/mol. The van der Waals surface area contributed by atoms with Gasteiger partial charge in [-0.2, -0.15) is 0 Å². The van der Waals surface area contributed by atoms with Crippen molar-refractivity contribution in [3.8, 4) is 22.9 Å². The summed E-state index contributed by atoms with van der Waals surface area (Å²) in [5.41, 5.74) is 1.40. The molecule has 30 heavy (non-hydrogen) atoms. The number of aromatic amines is 1.